The van der Waals surface area contributed by atoms with Crippen molar-refractivity contribution in [1.82, 2.24) is 4.98 Å². The van der Waals surface area contributed by atoms with Crippen LogP contribution in [0.15, 0.2) is 18.3 Å². The third kappa shape index (κ3) is 4.31. The van der Waals surface area contributed by atoms with Gasteiger partial charge in [0.25, 0.3) is 0 Å². The highest BCUT2D eigenvalue weighted by Gasteiger charge is 1.90. The van der Waals surface area contributed by atoms with Crippen LogP contribution in [0.1, 0.15) is 12.5 Å². The summed E-state index contributed by atoms with van der Waals surface area (Å²) in [6.07, 6.45) is 1.60. The molecule has 0 aliphatic heterocycles. The first-order chi connectivity index (χ1) is 6.68. The van der Waals surface area contributed by atoms with Gasteiger partial charge in [0.1, 0.15) is 5.15 Å². The molecule has 0 fully saturated rings. The van der Waals surface area contributed by atoms with Crippen molar-refractivity contribution in [2.24, 2.45) is 0 Å². The predicted molar refractivity (Wildman–Crippen MR) is 59.3 cm³/mol. The highest BCUT2D eigenvalue weighted by Crippen LogP contribution is 2.04. The van der Waals surface area contributed by atoms with E-state index in [9.17, 15) is 4.79 Å². The van der Waals surface area contributed by atoms with Crippen LogP contribution in [-0.4, -0.2) is 15.9 Å². The van der Waals surface area contributed by atoms with Crippen molar-refractivity contribution in [3.63, 3.8) is 0 Å². The van der Waals surface area contributed by atoms with E-state index in [0.29, 0.717) is 10.9 Å². The molecule has 2 nitrogen and oxygen atoms in total. The molecule has 1 heterocycles. The molecule has 0 radical (unpaired) electrons. The molecule has 0 N–H and O–H groups in total. The number of halogens is 1. The fourth-order valence-electron chi connectivity index (χ4n) is 0.726. The zero-order valence-corrected chi connectivity index (χ0v) is 9.15. The minimum absolute atomic E-state index is 0.0773. The number of carbonyl (C=O) groups is 1. The van der Waals surface area contributed by atoms with Crippen molar-refractivity contribution in [1.29, 1.82) is 0 Å². The zero-order chi connectivity index (χ0) is 10.4. The van der Waals surface area contributed by atoms with Crippen molar-refractivity contribution in [3.8, 4) is 11.8 Å². The van der Waals surface area contributed by atoms with E-state index in [-0.39, 0.29) is 5.12 Å². The van der Waals surface area contributed by atoms with E-state index >= 15 is 0 Å². The molecule has 1 aromatic rings. The van der Waals surface area contributed by atoms with E-state index in [4.69, 9.17) is 11.6 Å². The van der Waals surface area contributed by atoms with E-state index in [0.717, 1.165) is 5.56 Å². The van der Waals surface area contributed by atoms with E-state index in [2.05, 4.69) is 16.8 Å². The minimum atomic E-state index is 0.0773. The number of aromatic nitrogens is 1. The molecule has 0 saturated carbocycles. The Morgan fingerprint density at radius 2 is 2.43 bits per heavy atom. The normalized spacial score (nSPS) is 9.00. The van der Waals surface area contributed by atoms with Gasteiger partial charge in [-0.1, -0.05) is 35.2 Å². The van der Waals surface area contributed by atoms with Crippen LogP contribution in [0, 0.1) is 11.8 Å². The molecule has 0 spiro atoms. The number of hydrogen-bond donors (Lipinski definition) is 0. The van der Waals surface area contributed by atoms with Gasteiger partial charge in [0, 0.05) is 18.7 Å². The summed E-state index contributed by atoms with van der Waals surface area (Å²) in [6, 6.07) is 3.48. The average molecular weight is 226 g/mol. The molecule has 0 bridgehead atoms. The lowest BCUT2D eigenvalue weighted by Gasteiger charge is -1.89. The molecule has 14 heavy (non-hydrogen) atoms. The van der Waals surface area contributed by atoms with Gasteiger partial charge in [0.05, 0.1) is 5.75 Å². The zero-order valence-electron chi connectivity index (χ0n) is 7.58. The molecule has 0 aromatic carbocycles. The average Bonchev–Trinajstić information content (AvgIpc) is 2.15. The number of thioether (sulfide) groups is 1. The lowest BCUT2D eigenvalue weighted by Crippen LogP contribution is -1.83. The Morgan fingerprint density at radius 1 is 1.64 bits per heavy atom. The summed E-state index contributed by atoms with van der Waals surface area (Å²) < 4.78 is 0. The maximum Gasteiger partial charge on any atom is 0.186 e. The summed E-state index contributed by atoms with van der Waals surface area (Å²) in [5.41, 5.74) is 0.804. The molecule has 1 rings (SSSR count). The van der Waals surface area contributed by atoms with E-state index in [1.54, 1.807) is 18.3 Å². The molecule has 0 atom stereocenters. The summed E-state index contributed by atoms with van der Waals surface area (Å²) in [5.74, 6) is 6.26. The van der Waals surface area contributed by atoms with Gasteiger partial charge >= 0.3 is 0 Å². The van der Waals surface area contributed by atoms with Gasteiger partial charge in [-0.2, -0.15) is 0 Å². The molecular weight excluding hydrogens is 218 g/mol. The van der Waals surface area contributed by atoms with Gasteiger partial charge in [0.15, 0.2) is 5.12 Å². The van der Waals surface area contributed by atoms with Crippen LogP contribution in [0.4, 0.5) is 0 Å². The van der Waals surface area contributed by atoms with Crippen LogP contribution in [0.5, 0.6) is 0 Å². The molecular formula is C10H8ClNOS. The van der Waals surface area contributed by atoms with Gasteiger partial charge in [-0.05, 0) is 12.1 Å². The third-order valence-corrected chi connectivity index (χ3v) is 2.23. The minimum Gasteiger partial charge on any atom is -0.288 e. The molecule has 0 saturated heterocycles. The smallest absolute Gasteiger partial charge is 0.186 e. The fourth-order valence-corrected chi connectivity index (χ4v) is 1.19. The monoisotopic (exact) mass is 225 g/mol. The highest BCUT2D eigenvalue weighted by molar-refractivity contribution is 8.13. The fraction of sp³-hybridized carbons (Fsp3) is 0.200. The lowest BCUT2D eigenvalue weighted by molar-refractivity contribution is -0.109. The molecule has 72 valence electrons. The standard InChI is InChI=1S/C10H8ClNOS/c1-8(13)14-6-2-3-9-4-5-10(11)12-7-9/h4-5,7H,6H2,1H3. The summed E-state index contributed by atoms with van der Waals surface area (Å²) in [6.45, 7) is 1.52. The van der Waals surface area contributed by atoms with Gasteiger partial charge in [-0.25, -0.2) is 4.98 Å². The molecule has 0 aliphatic carbocycles. The number of pyridine rings is 1. The topological polar surface area (TPSA) is 30.0 Å². The van der Waals surface area contributed by atoms with E-state index in [1.807, 2.05) is 0 Å². The van der Waals surface area contributed by atoms with Crippen molar-refractivity contribution >= 4 is 28.5 Å². The van der Waals surface area contributed by atoms with Crippen molar-refractivity contribution in [3.05, 3.63) is 29.0 Å². The summed E-state index contributed by atoms with van der Waals surface area (Å²) in [4.78, 5) is 14.4. The second kappa shape index (κ2) is 5.69. The lowest BCUT2D eigenvalue weighted by atomic mass is 10.3. The van der Waals surface area contributed by atoms with Crippen LogP contribution < -0.4 is 0 Å². The molecule has 0 amide bonds. The van der Waals surface area contributed by atoms with Crippen molar-refractivity contribution in [2.75, 3.05) is 5.75 Å². The Morgan fingerprint density at radius 3 is 3.00 bits per heavy atom. The number of rotatable bonds is 1. The van der Waals surface area contributed by atoms with Crippen LogP contribution >= 0.6 is 23.4 Å². The number of hydrogen-bond acceptors (Lipinski definition) is 3. The Bertz CT molecular complexity index is 377. The Labute approximate surface area is 92.1 Å². The quantitative estimate of drug-likeness (QED) is 0.543. The summed E-state index contributed by atoms with van der Waals surface area (Å²) >= 11 is 6.80. The van der Waals surface area contributed by atoms with E-state index < -0.39 is 0 Å². The summed E-state index contributed by atoms with van der Waals surface area (Å²) in [7, 11) is 0. The largest absolute Gasteiger partial charge is 0.288 e. The molecule has 1 aromatic heterocycles. The van der Waals surface area contributed by atoms with Gasteiger partial charge in [-0.15, -0.1) is 0 Å². The SMILES string of the molecule is CC(=O)SCC#Cc1ccc(Cl)nc1. The predicted octanol–water partition coefficient (Wildman–Crippen LogP) is 2.37. The Hall–Kier alpha value is -0.980. The molecule has 0 aliphatic rings. The number of nitrogens with zero attached hydrogens (tertiary/aromatic N) is 1. The Kier molecular flexibility index (Phi) is 4.51. The highest BCUT2D eigenvalue weighted by atomic mass is 35.5. The maximum atomic E-state index is 10.6. The maximum absolute atomic E-state index is 10.6. The van der Waals surface area contributed by atoms with Gasteiger partial charge in [0.2, 0.25) is 0 Å². The summed E-state index contributed by atoms with van der Waals surface area (Å²) in [5, 5.41) is 0.530. The first-order valence-corrected chi connectivity index (χ1v) is 5.28. The second-order valence-electron chi connectivity index (χ2n) is 2.45. The van der Waals surface area contributed by atoms with Gasteiger partial charge in [-0.3, -0.25) is 4.79 Å². The van der Waals surface area contributed by atoms with Crippen LogP contribution in [0.25, 0.3) is 0 Å². The van der Waals surface area contributed by atoms with Crippen LogP contribution in [0.2, 0.25) is 5.15 Å². The first-order valence-electron chi connectivity index (χ1n) is 3.92. The van der Waals surface area contributed by atoms with Crippen LogP contribution in [0.3, 0.4) is 0 Å². The second-order valence-corrected chi connectivity index (χ2v) is 3.99. The Balaban J connectivity index is 2.51. The number of carbonyl (C=O) groups excluding carboxylic acids is 1. The third-order valence-electron chi connectivity index (χ3n) is 1.31. The van der Waals surface area contributed by atoms with Crippen molar-refractivity contribution < 1.29 is 4.79 Å². The van der Waals surface area contributed by atoms with Crippen molar-refractivity contribution in [2.45, 2.75) is 6.92 Å². The molecule has 0 unspecified atom stereocenters. The first kappa shape index (κ1) is 11.1. The van der Waals surface area contributed by atoms with Gasteiger partial charge < -0.3 is 0 Å². The van der Waals surface area contributed by atoms with Crippen LogP contribution in [-0.2, 0) is 4.79 Å². The molecule has 4 heteroatoms. The van der Waals surface area contributed by atoms with E-state index in [1.165, 1.54) is 18.7 Å².